The average molecular weight is 204 g/mol. The van der Waals surface area contributed by atoms with Crippen molar-refractivity contribution in [2.75, 3.05) is 11.4 Å². The van der Waals surface area contributed by atoms with Crippen LogP contribution >= 0.6 is 0 Å². The number of anilines is 1. The minimum absolute atomic E-state index is 0.0410. The van der Waals surface area contributed by atoms with E-state index in [4.69, 9.17) is 5.73 Å². The van der Waals surface area contributed by atoms with Gasteiger partial charge in [0, 0.05) is 12.2 Å². The van der Waals surface area contributed by atoms with Gasteiger partial charge in [-0.05, 0) is 30.5 Å². The third kappa shape index (κ3) is 1.88. The molecule has 2 N–H and O–H groups in total. The van der Waals surface area contributed by atoms with Gasteiger partial charge in [0.2, 0.25) is 5.91 Å². The minimum atomic E-state index is -0.309. The van der Waals surface area contributed by atoms with Gasteiger partial charge in [-0.3, -0.25) is 4.79 Å². The molecule has 3 nitrogen and oxygen atoms in total. The summed E-state index contributed by atoms with van der Waals surface area (Å²) < 4.78 is 0. The first-order valence-electron chi connectivity index (χ1n) is 5.38. The molecule has 0 radical (unpaired) electrons. The van der Waals surface area contributed by atoms with Crippen molar-refractivity contribution in [3.05, 3.63) is 29.8 Å². The highest BCUT2D eigenvalue weighted by molar-refractivity contribution is 5.99. The fraction of sp³-hybridized carbons (Fsp3) is 0.417. The van der Waals surface area contributed by atoms with E-state index in [0.29, 0.717) is 0 Å². The van der Waals surface area contributed by atoms with Crippen LogP contribution in [-0.2, 0) is 11.2 Å². The molecule has 1 aromatic rings. The fourth-order valence-electron chi connectivity index (χ4n) is 1.87. The van der Waals surface area contributed by atoms with Gasteiger partial charge in [-0.25, -0.2) is 0 Å². The van der Waals surface area contributed by atoms with Crippen LogP contribution in [0.2, 0.25) is 0 Å². The Morgan fingerprint density at radius 1 is 1.40 bits per heavy atom. The van der Waals surface area contributed by atoms with Gasteiger partial charge >= 0.3 is 0 Å². The summed E-state index contributed by atoms with van der Waals surface area (Å²) in [6, 6.07) is 7.80. The molecule has 0 aliphatic carbocycles. The first kappa shape index (κ1) is 10.2. The number of amides is 1. The molecule has 1 aromatic carbocycles. The van der Waals surface area contributed by atoms with E-state index in [-0.39, 0.29) is 11.9 Å². The number of aryl methyl sites for hydroxylation is 1. The second-order valence-corrected chi connectivity index (χ2v) is 3.91. The normalized spacial score (nSPS) is 21.1. The predicted molar refractivity (Wildman–Crippen MR) is 60.8 cm³/mol. The van der Waals surface area contributed by atoms with Crippen LogP contribution < -0.4 is 10.6 Å². The lowest BCUT2D eigenvalue weighted by atomic mass is 10.1. The summed E-state index contributed by atoms with van der Waals surface area (Å²) in [6.07, 6.45) is 1.78. The topological polar surface area (TPSA) is 46.3 Å². The Morgan fingerprint density at radius 2 is 2.07 bits per heavy atom. The zero-order chi connectivity index (χ0) is 10.8. The third-order valence-corrected chi connectivity index (χ3v) is 2.90. The maximum atomic E-state index is 11.7. The molecule has 1 fully saturated rings. The van der Waals surface area contributed by atoms with Gasteiger partial charge in [-0.15, -0.1) is 0 Å². The third-order valence-electron chi connectivity index (χ3n) is 2.90. The molecular weight excluding hydrogens is 188 g/mol. The van der Waals surface area contributed by atoms with Crippen molar-refractivity contribution in [2.24, 2.45) is 5.73 Å². The smallest absolute Gasteiger partial charge is 0.243 e. The molecule has 1 atom stereocenters. The van der Waals surface area contributed by atoms with Crippen LogP contribution in [-0.4, -0.2) is 18.5 Å². The van der Waals surface area contributed by atoms with Gasteiger partial charge in [0.05, 0.1) is 6.04 Å². The molecule has 15 heavy (non-hydrogen) atoms. The minimum Gasteiger partial charge on any atom is -0.320 e. The van der Waals surface area contributed by atoms with Crippen LogP contribution in [0.3, 0.4) is 0 Å². The molecule has 2 rings (SSSR count). The van der Waals surface area contributed by atoms with Crippen molar-refractivity contribution >= 4 is 11.6 Å². The molecule has 1 heterocycles. The van der Waals surface area contributed by atoms with E-state index in [0.717, 1.165) is 25.1 Å². The number of carbonyl (C=O) groups is 1. The molecule has 80 valence electrons. The van der Waals surface area contributed by atoms with Gasteiger partial charge in [-0.2, -0.15) is 0 Å². The molecular formula is C12H16N2O. The summed E-state index contributed by atoms with van der Waals surface area (Å²) >= 11 is 0. The molecule has 1 amide bonds. The maximum Gasteiger partial charge on any atom is 0.243 e. The number of carbonyl (C=O) groups excluding carboxylic acids is 1. The van der Waals surface area contributed by atoms with Crippen molar-refractivity contribution in [1.82, 2.24) is 0 Å². The van der Waals surface area contributed by atoms with Crippen molar-refractivity contribution in [3.63, 3.8) is 0 Å². The highest BCUT2D eigenvalue weighted by Crippen LogP contribution is 2.21. The zero-order valence-electron chi connectivity index (χ0n) is 8.94. The van der Waals surface area contributed by atoms with Crippen LogP contribution in [0.25, 0.3) is 0 Å². The molecule has 0 spiro atoms. The Kier molecular flexibility index (Phi) is 2.73. The molecule has 0 aromatic heterocycles. The predicted octanol–water partition coefficient (Wildman–Crippen LogP) is 1.31. The Balaban J connectivity index is 2.19. The standard InChI is InChI=1S/C12H16N2O/c1-2-9-3-5-10(6-4-9)14-8-7-11(13)12(14)15/h3-6,11H,2,7-8,13H2,1H3. The molecule has 3 heteroatoms. The van der Waals surface area contributed by atoms with E-state index in [1.807, 2.05) is 12.1 Å². The van der Waals surface area contributed by atoms with Crippen molar-refractivity contribution in [3.8, 4) is 0 Å². The zero-order valence-corrected chi connectivity index (χ0v) is 8.94. The van der Waals surface area contributed by atoms with Crippen molar-refractivity contribution < 1.29 is 4.79 Å². The quantitative estimate of drug-likeness (QED) is 0.789. The lowest BCUT2D eigenvalue weighted by Gasteiger charge is -2.16. The first-order valence-corrected chi connectivity index (χ1v) is 5.38. The Morgan fingerprint density at radius 3 is 2.53 bits per heavy atom. The number of nitrogens with two attached hydrogens (primary N) is 1. The second-order valence-electron chi connectivity index (χ2n) is 3.91. The van der Waals surface area contributed by atoms with Gasteiger partial charge in [-0.1, -0.05) is 19.1 Å². The molecule has 1 aliphatic rings. The Bertz CT molecular complexity index is 358. The number of rotatable bonds is 2. The summed E-state index contributed by atoms with van der Waals surface area (Å²) in [5.41, 5.74) is 7.92. The lowest BCUT2D eigenvalue weighted by Crippen LogP contribution is -2.33. The van der Waals surface area contributed by atoms with Crippen LogP contribution in [0, 0.1) is 0 Å². The van der Waals surface area contributed by atoms with Gasteiger partial charge in [0.15, 0.2) is 0 Å². The fourth-order valence-corrected chi connectivity index (χ4v) is 1.87. The molecule has 0 saturated carbocycles. The van der Waals surface area contributed by atoms with Gasteiger partial charge < -0.3 is 10.6 Å². The number of benzene rings is 1. The van der Waals surface area contributed by atoms with Crippen LogP contribution in [0.15, 0.2) is 24.3 Å². The molecule has 1 unspecified atom stereocenters. The van der Waals surface area contributed by atoms with E-state index in [9.17, 15) is 4.79 Å². The van der Waals surface area contributed by atoms with Crippen molar-refractivity contribution in [1.29, 1.82) is 0 Å². The van der Waals surface area contributed by atoms with Gasteiger partial charge in [0.1, 0.15) is 0 Å². The average Bonchev–Trinajstić information content (AvgIpc) is 2.60. The lowest BCUT2D eigenvalue weighted by molar-refractivity contribution is -0.118. The highest BCUT2D eigenvalue weighted by Gasteiger charge is 2.29. The van der Waals surface area contributed by atoms with Crippen molar-refractivity contribution in [2.45, 2.75) is 25.8 Å². The van der Waals surface area contributed by atoms with E-state index >= 15 is 0 Å². The van der Waals surface area contributed by atoms with E-state index < -0.39 is 0 Å². The molecule has 1 saturated heterocycles. The van der Waals surface area contributed by atoms with E-state index in [2.05, 4.69) is 19.1 Å². The number of nitrogens with zero attached hydrogens (tertiary/aromatic N) is 1. The van der Waals surface area contributed by atoms with E-state index in [1.165, 1.54) is 5.56 Å². The Labute approximate surface area is 89.9 Å². The number of hydrogen-bond donors (Lipinski definition) is 1. The number of hydrogen-bond acceptors (Lipinski definition) is 2. The highest BCUT2D eigenvalue weighted by atomic mass is 16.2. The monoisotopic (exact) mass is 204 g/mol. The largest absolute Gasteiger partial charge is 0.320 e. The summed E-state index contributed by atoms with van der Waals surface area (Å²) in [5, 5.41) is 0. The summed E-state index contributed by atoms with van der Waals surface area (Å²) in [4.78, 5) is 13.4. The van der Waals surface area contributed by atoms with Crippen LogP contribution in [0.1, 0.15) is 18.9 Å². The van der Waals surface area contributed by atoms with Crippen LogP contribution in [0.5, 0.6) is 0 Å². The SMILES string of the molecule is CCc1ccc(N2CCC(N)C2=O)cc1. The van der Waals surface area contributed by atoms with Crippen LogP contribution in [0.4, 0.5) is 5.69 Å². The summed E-state index contributed by atoms with van der Waals surface area (Å²) in [6.45, 7) is 2.86. The molecule has 1 aliphatic heterocycles. The van der Waals surface area contributed by atoms with Gasteiger partial charge in [0.25, 0.3) is 0 Å². The maximum absolute atomic E-state index is 11.7. The first-order chi connectivity index (χ1) is 7.22. The summed E-state index contributed by atoms with van der Waals surface area (Å²) in [7, 11) is 0. The molecule has 0 bridgehead atoms. The van der Waals surface area contributed by atoms with E-state index in [1.54, 1.807) is 4.90 Å². The Hall–Kier alpha value is -1.35. The second kappa shape index (κ2) is 4.03. The summed E-state index contributed by atoms with van der Waals surface area (Å²) in [5.74, 6) is 0.0410.